The standard InChI is InChI=1S/C16H24N6O2/c1-24-11-14-7-13(20-21-14)9-18-16(23)10-22-15(4-6-19-22)12-3-2-5-17-8-12/h4,6-7,12,17H,2-3,5,8-11H2,1H3,(H,18,23)(H,20,21)/t12-/m1/s1. The van der Waals surface area contributed by atoms with Crippen molar-refractivity contribution in [3.05, 3.63) is 35.4 Å². The fourth-order valence-corrected chi connectivity index (χ4v) is 3.03. The summed E-state index contributed by atoms with van der Waals surface area (Å²) in [7, 11) is 1.62. The van der Waals surface area contributed by atoms with Gasteiger partial charge in [-0.25, -0.2) is 0 Å². The molecule has 0 saturated carbocycles. The Morgan fingerprint density at radius 2 is 2.46 bits per heavy atom. The van der Waals surface area contributed by atoms with E-state index in [1.807, 2.05) is 12.1 Å². The number of carbonyl (C=O) groups is 1. The predicted molar refractivity (Wildman–Crippen MR) is 88.2 cm³/mol. The third-order valence-corrected chi connectivity index (χ3v) is 4.21. The van der Waals surface area contributed by atoms with E-state index < -0.39 is 0 Å². The molecule has 3 N–H and O–H groups in total. The first kappa shape index (κ1) is 16.7. The van der Waals surface area contributed by atoms with E-state index in [0.29, 0.717) is 19.1 Å². The van der Waals surface area contributed by atoms with Crippen LogP contribution in [0, 0.1) is 0 Å². The fourth-order valence-electron chi connectivity index (χ4n) is 3.03. The van der Waals surface area contributed by atoms with Gasteiger partial charge in [-0.1, -0.05) is 0 Å². The zero-order chi connectivity index (χ0) is 16.8. The van der Waals surface area contributed by atoms with Crippen LogP contribution >= 0.6 is 0 Å². The van der Waals surface area contributed by atoms with Gasteiger partial charge in [0.25, 0.3) is 0 Å². The van der Waals surface area contributed by atoms with E-state index in [4.69, 9.17) is 4.74 Å². The van der Waals surface area contributed by atoms with Crippen molar-refractivity contribution in [2.45, 2.75) is 38.5 Å². The van der Waals surface area contributed by atoms with Crippen molar-refractivity contribution in [3.8, 4) is 0 Å². The lowest BCUT2D eigenvalue weighted by Crippen LogP contribution is -2.32. The molecule has 3 rings (SSSR count). The summed E-state index contributed by atoms with van der Waals surface area (Å²) in [6, 6.07) is 3.90. The minimum atomic E-state index is -0.0633. The molecule has 1 saturated heterocycles. The summed E-state index contributed by atoms with van der Waals surface area (Å²) in [6.45, 7) is 3.12. The summed E-state index contributed by atoms with van der Waals surface area (Å²) in [5.41, 5.74) is 2.80. The van der Waals surface area contributed by atoms with Crippen LogP contribution in [0.4, 0.5) is 0 Å². The highest BCUT2D eigenvalue weighted by molar-refractivity contribution is 5.75. The summed E-state index contributed by atoms with van der Waals surface area (Å²) in [6.07, 6.45) is 4.06. The Morgan fingerprint density at radius 3 is 3.25 bits per heavy atom. The Kier molecular flexibility index (Phi) is 5.60. The van der Waals surface area contributed by atoms with Crippen molar-refractivity contribution in [3.63, 3.8) is 0 Å². The maximum Gasteiger partial charge on any atom is 0.242 e. The minimum absolute atomic E-state index is 0.0633. The van der Waals surface area contributed by atoms with Crippen LogP contribution in [-0.2, 0) is 29.2 Å². The lowest BCUT2D eigenvalue weighted by molar-refractivity contribution is -0.122. The average molecular weight is 332 g/mol. The maximum absolute atomic E-state index is 12.2. The van der Waals surface area contributed by atoms with Gasteiger partial charge in [-0.3, -0.25) is 14.6 Å². The van der Waals surface area contributed by atoms with E-state index in [2.05, 4.69) is 25.9 Å². The Balaban J connectivity index is 1.52. The number of amides is 1. The van der Waals surface area contributed by atoms with E-state index in [9.17, 15) is 4.79 Å². The van der Waals surface area contributed by atoms with Crippen molar-refractivity contribution in [2.75, 3.05) is 20.2 Å². The summed E-state index contributed by atoms with van der Waals surface area (Å²) < 4.78 is 6.82. The van der Waals surface area contributed by atoms with E-state index in [-0.39, 0.29) is 12.5 Å². The van der Waals surface area contributed by atoms with Gasteiger partial charge in [-0.2, -0.15) is 10.2 Å². The Labute approximate surface area is 141 Å². The number of piperidine rings is 1. The summed E-state index contributed by atoms with van der Waals surface area (Å²) >= 11 is 0. The molecule has 1 aliphatic rings. The van der Waals surface area contributed by atoms with Crippen LogP contribution in [0.5, 0.6) is 0 Å². The second-order valence-electron chi connectivity index (χ2n) is 6.05. The normalized spacial score (nSPS) is 17.8. The number of nitrogens with one attached hydrogen (secondary N) is 3. The topological polar surface area (TPSA) is 96.9 Å². The molecule has 1 amide bonds. The number of rotatable bonds is 7. The number of ether oxygens (including phenoxy) is 1. The van der Waals surface area contributed by atoms with Gasteiger partial charge in [0, 0.05) is 31.5 Å². The molecule has 24 heavy (non-hydrogen) atoms. The molecule has 0 unspecified atom stereocenters. The quantitative estimate of drug-likeness (QED) is 0.687. The monoisotopic (exact) mass is 332 g/mol. The van der Waals surface area contributed by atoms with Crippen molar-refractivity contribution in [1.82, 2.24) is 30.6 Å². The van der Waals surface area contributed by atoms with Crippen LogP contribution < -0.4 is 10.6 Å². The maximum atomic E-state index is 12.2. The average Bonchev–Trinajstić information content (AvgIpc) is 3.24. The largest absolute Gasteiger partial charge is 0.378 e. The van der Waals surface area contributed by atoms with Crippen LogP contribution in [-0.4, -0.2) is 46.1 Å². The van der Waals surface area contributed by atoms with Crippen LogP contribution in [0.25, 0.3) is 0 Å². The molecule has 2 aromatic heterocycles. The highest BCUT2D eigenvalue weighted by atomic mass is 16.5. The van der Waals surface area contributed by atoms with E-state index in [0.717, 1.165) is 43.0 Å². The molecule has 1 atom stereocenters. The molecule has 3 heterocycles. The fraction of sp³-hybridized carbons (Fsp3) is 0.562. The van der Waals surface area contributed by atoms with E-state index in [1.54, 1.807) is 18.0 Å². The predicted octanol–water partition coefficient (Wildman–Crippen LogP) is 0.536. The van der Waals surface area contributed by atoms with E-state index >= 15 is 0 Å². The van der Waals surface area contributed by atoms with Gasteiger partial charge in [-0.15, -0.1) is 0 Å². The molecule has 0 radical (unpaired) electrons. The highest BCUT2D eigenvalue weighted by Crippen LogP contribution is 2.22. The van der Waals surface area contributed by atoms with Crippen molar-refractivity contribution < 1.29 is 9.53 Å². The number of aromatic nitrogens is 4. The SMILES string of the molecule is COCc1cc(CNC(=O)Cn2nccc2[C@@H]2CCCNC2)[nH]n1. The van der Waals surface area contributed by atoms with Crippen molar-refractivity contribution in [2.24, 2.45) is 0 Å². The van der Waals surface area contributed by atoms with Crippen molar-refractivity contribution in [1.29, 1.82) is 0 Å². The first-order valence-corrected chi connectivity index (χ1v) is 8.27. The van der Waals surface area contributed by atoms with Crippen LogP contribution in [0.3, 0.4) is 0 Å². The Morgan fingerprint density at radius 1 is 1.54 bits per heavy atom. The molecule has 8 nitrogen and oxygen atoms in total. The van der Waals surface area contributed by atoms with Crippen molar-refractivity contribution >= 4 is 5.91 Å². The lowest BCUT2D eigenvalue weighted by atomic mass is 9.96. The van der Waals surface area contributed by atoms with Gasteiger partial charge < -0.3 is 15.4 Å². The van der Waals surface area contributed by atoms with Crippen LogP contribution in [0.15, 0.2) is 18.3 Å². The van der Waals surface area contributed by atoms with Gasteiger partial charge in [0.05, 0.1) is 24.5 Å². The third-order valence-electron chi connectivity index (χ3n) is 4.21. The number of hydrogen-bond donors (Lipinski definition) is 3. The second-order valence-corrected chi connectivity index (χ2v) is 6.05. The van der Waals surface area contributed by atoms with Crippen LogP contribution in [0.2, 0.25) is 0 Å². The number of nitrogens with zero attached hydrogens (tertiary/aromatic N) is 3. The smallest absolute Gasteiger partial charge is 0.242 e. The molecule has 8 heteroatoms. The number of methoxy groups -OCH3 is 1. The molecule has 0 aliphatic carbocycles. The number of hydrogen-bond acceptors (Lipinski definition) is 5. The Bertz CT molecular complexity index is 659. The van der Waals surface area contributed by atoms with Gasteiger partial charge in [-0.05, 0) is 31.5 Å². The molecule has 130 valence electrons. The van der Waals surface area contributed by atoms with Gasteiger partial charge in [0.15, 0.2) is 0 Å². The first-order chi connectivity index (χ1) is 11.8. The molecular formula is C16H24N6O2. The molecule has 2 aromatic rings. The summed E-state index contributed by atoms with van der Waals surface area (Å²) in [5, 5.41) is 17.6. The summed E-state index contributed by atoms with van der Waals surface area (Å²) in [5.74, 6) is 0.366. The van der Waals surface area contributed by atoms with Gasteiger partial charge in [0.1, 0.15) is 6.54 Å². The molecule has 1 aliphatic heterocycles. The Hall–Kier alpha value is -2.19. The zero-order valence-corrected chi connectivity index (χ0v) is 13.9. The molecule has 0 spiro atoms. The van der Waals surface area contributed by atoms with E-state index in [1.165, 1.54) is 0 Å². The highest BCUT2D eigenvalue weighted by Gasteiger charge is 2.19. The molecule has 1 fully saturated rings. The second kappa shape index (κ2) is 8.07. The third kappa shape index (κ3) is 4.21. The van der Waals surface area contributed by atoms with Crippen LogP contribution in [0.1, 0.15) is 35.8 Å². The summed E-state index contributed by atoms with van der Waals surface area (Å²) in [4.78, 5) is 12.2. The minimum Gasteiger partial charge on any atom is -0.378 e. The first-order valence-electron chi connectivity index (χ1n) is 8.27. The number of H-pyrrole nitrogens is 1. The van der Waals surface area contributed by atoms with Gasteiger partial charge >= 0.3 is 0 Å². The zero-order valence-electron chi connectivity index (χ0n) is 13.9. The molecule has 0 aromatic carbocycles. The number of carbonyl (C=O) groups excluding carboxylic acids is 1. The number of aromatic amines is 1. The molecular weight excluding hydrogens is 308 g/mol. The van der Waals surface area contributed by atoms with Gasteiger partial charge in [0.2, 0.25) is 5.91 Å². The molecule has 0 bridgehead atoms. The lowest BCUT2D eigenvalue weighted by Gasteiger charge is -2.23.